The Kier molecular flexibility index (Phi) is 7.25. The van der Waals surface area contributed by atoms with Gasteiger partial charge in [0.25, 0.3) is 0 Å². The van der Waals surface area contributed by atoms with Gasteiger partial charge in [-0.2, -0.15) is 4.37 Å². The molecule has 0 atom stereocenters. The van der Waals surface area contributed by atoms with Crippen LogP contribution in [0.15, 0.2) is 59.5 Å². The van der Waals surface area contributed by atoms with E-state index in [4.69, 9.17) is 16.6 Å². The predicted octanol–water partition coefficient (Wildman–Crippen LogP) is 4.61. The molecule has 0 radical (unpaired) electrons. The number of halogens is 1. The van der Waals surface area contributed by atoms with Crippen LogP contribution in [0.5, 0.6) is 0 Å². The van der Waals surface area contributed by atoms with Crippen LogP contribution < -0.4 is 4.90 Å². The van der Waals surface area contributed by atoms with Gasteiger partial charge in [0.15, 0.2) is 0 Å². The Balaban J connectivity index is 1.30. The Hall–Kier alpha value is -2.09. The molecule has 1 aliphatic heterocycles. The van der Waals surface area contributed by atoms with Gasteiger partial charge in [-0.15, -0.1) is 11.8 Å². The van der Waals surface area contributed by atoms with Crippen LogP contribution in [0.1, 0.15) is 17.8 Å². The summed E-state index contributed by atoms with van der Waals surface area (Å²) in [5.41, 5.74) is 1.15. The van der Waals surface area contributed by atoms with E-state index in [1.807, 2.05) is 59.5 Å². The molecule has 156 valence electrons. The molecule has 0 saturated carbocycles. The van der Waals surface area contributed by atoms with Crippen LogP contribution in [0.25, 0.3) is 0 Å². The third kappa shape index (κ3) is 5.74. The number of thioether (sulfide) groups is 1. The fourth-order valence-corrected chi connectivity index (χ4v) is 5.03. The summed E-state index contributed by atoms with van der Waals surface area (Å²) in [5.74, 6) is 1.51. The number of rotatable bonds is 6. The van der Waals surface area contributed by atoms with Crippen molar-refractivity contribution in [2.45, 2.75) is 17.7 Å². The van der Waals surface area contributed by atoms with Gasteiger partial charge in [0.05, 0.1) is 5.75 Å². The van der Waals surface area contributed by atoms with E-state index in [0.717, 1.165) is 59.0 Å². The zero-order valence-electron chi connectivity index (χ0n) is 16.5. The summed E-state index contributed by atoms with van der Waals surface area (Å²) in [6.45, 7) is 3.20. The first kappa shape index (κ1) is 21.2. The number of aromatic nitrogens is 2. The van der Waals surface area contributed by atoms with E-state index in [-0.39, 0.29) is 5.91 Å². The monoisotopic (exact) mass is 458 g/mol. The number of hydrogen-bond acceptors (Lipinski definition) is 6. The molecule has 0 aliphatic carbocycles. The first-order valence-corrected chi connectivity index (χ1v) is 12.1. The molecule has 1 fully saturated rings. The van der Waals surface area contributed by atoms with E-state index >= 15 is 0 Å². The molecule has 1 saturated heterocycles. The molecule has 0 spiro atoms. The lowest BCUT2D eigenvalue weighted by Gasteiger charge is -2.21. The molecular weight excluding hydrogens is 436 g/mol. The zero-order valence-corrected chi connectivity index (χ0v) is 18.9. The van der Waals surface area contributed by atoms with Crippen molar-refractivity contribution in [3.63, 3.8) is 0 Å². The van der Waals surface area contributed by atoms with Gasteiger partial charge in [-0.25, -0.2) is 4.98 Å². The van der Waals surface area contributed by atoms with Crippen LogP contribution in [0.4, 0.5) is 5.13 Å². The Morgan fingerprint density at radius 2 is 1.83 bits per heavy atom. The summed E-state index contributed by atoms with van der Waals surface area (Å²) >= 11 is 8.99. The van der Waals surface area contributed by atoms with Crippen molar-refractivity contribution in [2.24, 2.45) is 0 Å². The molecule has 4 rings (SSSR count). The first-order valence-electron chi connectivity index (χ1n) is 9.95. The van der Waals surface area contributed by atoms with Gasteiger partial charge in [-0.05, 0) is 36.2 Å². The Morgan fingerprint density at radius 3 is 2.63 bits per heavy atom. The average molecular weight is 459 g/mol. The molecule has 8 heteroatoms. The standard InChI is InChI=1S/C22H23ClN4OS2/c23-18-9-7-17(8-10-18)15-20-24-22(30-25-20)27-12-4-11-26(13-14-27)21(28)16-29-19-5-2-1-3-6-19/h1-3,5-10H,4,11-16H2. The van der Waals surface area contributed by atoms with E-state index in [9.17, 15) is 4.79 Å². The number of carbonyl (C=O) groups excluding carboxylic acids is 1. The lowest BCUT2D eigenvalue weighted by molar-refractivity contribution is -0.128. The fourth-order valence-electron chi connectivity index (χ4n) is 3.34. The maximum absolute atomic E-state index is 12.7. The van der Waals surface area contributed by atoms with Gasteiger partial charge >= 0.3 is 0 Å². The molecule has 5 nitrogen and oxygen atoms in total. The van der Waals surface area contributed by atoms with Gasteiger partial charge < -0.3 is 9.80 Å². The van der Waals surface area contributed by atoms with Crippen molar-refractivity contribution in [1.29, 1.82) is 0 Å². The Morgan fingerprint density at radius 1 is 1.03 bits per heavy atom. The molecule has 2 heterocycles. The topological polar surface area (TPSA) is 49.3 Å². The molecule has 1 aromatic heterocycles. The summed E-state index contributed by atoms with van der Waals surface area (Å²) < 4.78 is 4.53. The van der Waals surface area contributed by atoms with E-state index in [1.54, 1.807) is 11.8 Å². The highest BCUT2D eigenvalue weighted by molar-refractivity contribution is 8.00. The SMILES string of the molecule is O=C(CSc1ccccc1)N1CCCN(c2nc(Cc3ccc(Cl)cc3)ns2)CC1. The first-order chi connectivity index (χ1) is 14.7. The van der Waals surface area contributed by atoms with Gasteiger partial charge in [0.2, 0.25) is 11.0 Å². The van der Waals surface area contributed by atoms with Crippen LogP contribution in [0.3, 0.4) is 0 Å². The molecule has 0 N–H and O–H groups in total. The van der Waals surface area contributed by atoms with Crippen molar-refractivity contribution >= 4 is 45.9 Å². The van der Waals surface area contributed by atoms with Crippen LogP contribution in [0.2, 0.25) is 5.02 Å². The number of nitrogens with zero attached hydrogens (tertiary/aromatic N) is 4. The third-order valence-electron chi connectivity index (χ3n) is 4.96. The average Bonchev–Trinajstić information content (AvgIpc) is 3.09. The van der Waals surface area contributed by atoms with Crippen molar-refractivity contribution in [1.82, 2.24) is 14.3 Å². The zero-order chi connectivity index (χ0) is 20.8. The summed E-state index contributed by atoms with van der Waals surface area (Å²) in [6.07, 6.45) is 1.64. The summed E-state index contributed by atoms with van der Waals surface area (Å²) in [7, 11) is 0. The minimum Gasteiger partial charge on any atom is -0.345 e. The number of benzene rings is 2. The molecular formula is C22H23ClN4OS2. The van der Waals surface area contributed by atoms with Crippen molar-refractivity contribution in [3.8, 4) is 0 Å². The summed E-state index contributed by atoms with van der Waals surface area (Å²) in [5, 5.41) is 1.67. The van der Waals surface area contributed by atoms with Gasteiger partial charge in [-0.3, -0.25) is 4.79 Å². The Labute approximate surface area is 190 Å². The third-order valence-corrected chi connectivity index (χ3v) is 7.02. The second kappa shape index (κ2) is 10.3. The lowest BCUT2D eigenvalue weighted by Crippen LogP contribution is -2.36. The quantitative estimate of drug-likeness (QED) is 0.505. The minimum absolute atomic E-state index is 0.200. The highest BCUT2D eigenvalue weighted by atomic mass is 35.5. The number of anilines is 1. The van der Waals surface area contributed by atoms with E-state index in [1.165, 1.54) is 11.5 Å². The summed E-state index contributed by atoms with van der Waals surface area (Å²) in [4.78, 5) is 22.7. The molecule has 1 aliphatic rings. The maximum atomic E-state index is 12.7. The maximum Gasteiger partial charge on any atom is 0.232 e. The minimum atomic E-state index is 0.200. The van der Waals surface area contributed by atoms with Crippen molar-refractivity contribution < 1.29 is 4.79 Å². The van der Waals surface area contributed by atoms with E-state index in [2.05, 4.69) is 9.27 Å². The van der Waals surface area contributed by atoms with Crippen LogP contribution in [0, 0.1) is 0 Å². The van der Waals surface area contributed by atoms with Crippen LogP contribution >= 0.6 is 34.9 Å². The van der Waals surface area contributed by atoms with Gasteiger partial charge in [0.1, 0.15) is 5.82 Å². The number of amides is 1. The second-order valence-corrected chi connectivity index (χ2v) is 9.34. The molecule has 30 heavy (non-hydrogen) atoms. The molecule has 2 aromatic carbocycles. The van der Waals surface area contributed by atoms with E-state index < -0.39 is 0 Å². The van der Waals surface area contributed by atoms with Crippen LogP contribution in [-0.4, -0.2) is 52.1 Å². The highest BCUT2D eigenvalue weighted by Crippen LogP contribution is 2.22. The highest BCUT2D eigenvalue weighted by Gasteiger charge is 2.21. The normalized spacial score (nSPS) is 14.6. The summed E-state index contributed by atoms with van der Waals surface area (Å²) in [6, 6.07) is 17.9. The van der Waals surface area contributed by atoms with Crippen molar-refractivity contribution in [2.75, 3.05) is 36.8 Å². The molecule has 0 bridgehead atoms. The largest absolute Gasteiger partial charge is 0.345 e. The van der Waals surface area contributed by atoms with Gasteiger partial charge in [-0.1, -0.05) is 41.9 Å². The van der Waals surface area contributed by atoms with Crippen molar-refractivity contribution in [3.05, 3.63) is 71.0 Å². The second-order valence-electron chi connectivity index (χ2n) is 7.12. The fraction of sp³-hybridized carbons (Fsp3) is 0.318. The molecule has 3 aromatic rings. The molecule has 1 amide bonds. The van der Waals surface area contributed by atoms with Crippen LogP contribution in [-0.2, 0) is 11.2 Å². The number of carbonyl (C=O) groups is 1. The Bertz CT molecular complexity index is 965. The predicted molar refractivity (Wildman–Crippen MR) is 125 cm³/mol. The smallest absolute Gasteiger partial charge is 0.232 e. The van der Waals surface area contributed by atoms with E-state index in [0.29, 0.717) is 12.2 Å². The molecule has 0 unspecified atom stereocenters. The van der Waals surface area contributed by atoms with Gasteiger partial charge in [0, 0.05) is 54.1 Å². The number of hydrogen-bond donors (Lipinski definition) is 0. The lowest BCUT2D eigenvalue weighted by atomic mass is 10.1.